The van der Waals surface area contributed by atoms with Crippen LogP contribution in [0.25, 0.3) is 0 Å². The van der Waals surface area contributed by atoms with Crippen LogP contribution in [-0.2, 0) is 15.6 Å². The summed E-state index contributed by atoms with van der Waals surface area (Å²) < 4.78 is 38.4. The summed E-state index contributed by atoms with van der Waals surface area (Å²) in [4.78, 5) is 0.114. The van der Waals surface area contributed by atoms with E-state index < -0.39 is 15.6 Å². The lowest BCUT2D eigenvalue weighted by Gasteiger charge is -2.27. The zero-order valence-electron chi connectivity index (χ0n) is 14.0. The van der Waals surface area contributed by atoms with Crippen LogP contribution in [-0.4, -0.2) is 22.6 Å². The van der Waals surface area contributed by atoms with Crippen LogP contribution in [0.5, 0.6) is 11.5 Å². The zero-order valence-corrected chi connectivity index (χ0v) is 15.5. The Balaban J connectivity index is 2.37. The van der Waals surface area contributed by atoms with Gasteiger partial charge in [0.05, 0.1) is 24.7 Å². The number of rotatable bonds is 6. The normalized spacial score (nSPS) is 12.0. The minimum absolute atomic E-state index is 0.114. The second kappa shape index (κ2) is 7.01. The van der Waals surface area contributed by atoms with Crippen molar-refractivity contribution in [3.63, 3.8) is 0 Å². The van der Waals surface area contributed by atoms with Gasteiger partial charge in [-0.1, -0.05) is 23.7 Å². The van der Waals surface area contributed by atoms with Crippen molar-refractivity contribution < 1.29 is 17.9 Å². The molecule has 2 aromatic carbocycles. The van der Waals surface area contributed by atoms with Gasteiger partial charge < -0.3 is 9.47 Å². The molecule has 0 atom stereocenters. The van der Waals surface area contributed by atoms with Gasteiger partial charge >= 0.3 is 0 Å². The number of benzene rings is 2. The van der Waals surface area contributed by atoms with Gasteiger partial charge in [0.2, 0.25) is 10.0 Å². The molecule has 0 aliphatic carbocycles. The van der Waals surface area contributed by atoms with E-state index in [9.17, 15) is 8.42 Å². The van der Waals surface area contributed by atoms with E-state index in [4.69, 9.17) is 21.1 Å². The minimum atomic E-state index is -3.73. The second-order valence-electron chi connectivity index (χ2n) is 5.76. The predicted octanol–water partition coefficient (Wildman–Crippen LogP) is 3.57. The molecule has 5 nitrogen and oxygen atoms in total. The average molecular weight is 370 g/mol. The van der Waals surface area contributed by atoms with E-state index in [0.29, 0.717) is 16.5 Å². The highest BCUT2D eigenvalue weighted by atomic mass is 35.5. The molecular formula is C17H20ClNO4S. The Morgan fingerprint density at radius 1 is 1.00 bits per heavy atom. The van der Waals surface area contributed by atoms with E-state index in [2.05, 4.69) is 4.72 Å². The van der Waals surface area contributed by atoms with Gasteiger partial charge in [-0.25, -0.2) is 13.1 Å². The largest absolute Gasteiger partial charge is 0.493 e. The molecule has 0 unspecified atom stereocenters. The van der Waals surface area contributed by atoms with Gasteiger partial charge in [0.25, 0.3) is 0 Å². The number of ether oxygens (including phenoxy) is 2. The van der Waals surface area contributed by atoms with Gasteiger partial charge in [-0.2, -0.15) is 0 Å². The summed E-state index contributed by atoms with van der Waals surface area (Å²) in [7, 11) is -0.652. The lowest BCUT2D eigenvalue weighted by molar-refractivity contribution is 0.352. The highest BCUT2D eigenvalue weighted by Crippen LogP contribution is 2.33. The Morgan fingerprint density at radius 2 is 1.67 bits per heavy atom. The van der Waals surface area contributed by atoms with Crippen LogP contribution in [0, 0.1) is 0 Å². The first-order chi connectivity index (χ1) is 11.2. The van der Waals surface area contributed by atoms with Gasteiger partial charge in [-0.15, -0.1) is 0 Å². The molecule has 0 saturated heterocycles. The fourth-order valence-corrected chi connectivity index (χ4v) is 4.02. The molecule has 0 aliphatic rings. The van der Waals surface area contributed by atoms with E-state index in [1.807, 2.05) is 0 Å². The molecule has 2 rings (SSSR count). The topological polar surface area (TPSA) is 64.6 Å². The summed E-state index contributed by atoms with van der Waals surface area (Å²) in [6.07, 6.45) is 0. The SMILES string of the molecule is COc1ccc(C(C)(C)NS(=O)(=O)c2cccc(Cl)c2)cc1OC. The number of sulfonamides is 1. The molecule has 0 heterocycles. The van der Waals surface area contributed by atoms with E-state index in [1.54, 1.807) is 51.3 Å². The van der Waals surface area contributed by atoms with Crippen molar-refractivity contribution in [3.8, 4) is 11.5 Å². The quantitative estimate of drug-likeness (QED) is 0.845. The monoisotopic (exact) mass is 369 g/mol. The van der Waals surface area contributed by atoms with Gasteiger partial charge in [-0.05, 0) is 49.7 Å². The molecule has 0 bridgehead atoms. The minimum Gasteiger partial charge on any atom is -0.493 e. The molecule has 0 saturated carbocycles. The van der Waals surface area contributed by atoms with E-state index >= 15 is 0 Å². The van der Waals surface area contributed by atoms with Crippen molar-refractivity contribution in [1.29, 1.82) is 0 Å². The van der Waals surface area contributed by atoms with E-state index in [-0.39, 0.29) is 4.90 Å². The lowest BCUT2D eigenvalue weighted by atomic mass is 9.95. The molecule has 0 aliphatic heterocycles. The maximum atomic E-state index is 12.6. The maximum absolute atomic E-state index is 12.6. The van der Waals surface area contributed by atoms with Crippen LogP contribution < -0.4 is 14.2 Å². The predicted molar refractivity (Wildman–Crippen MR) is 94.3 cm³/mol. The third-order valence-electron chi connectivity index (χ3n) is 3.60. The first-order valence-electron chi connectivity index (χ1n) is 7.21. The van der Waals surface area contributed by atoms with Crippen molar-refractivity contribution >= 4 is 21.6 Å². The molecule has 0 spiro atoms. The molecule has 0 fully saturated rings. The van der Waals surface area contributed by atoms with Crippen LogP contribution in [0.4, 0.5) is 0 Å². The van der Waals surface area contributed by atoms with E-state index in [0.717, 1.165) is 5.56 Å². The standard InChI is InChI=1S/C17H20ClNO4S/c1-17(2,12-8-9-15(22-3)16(10-12)23-4)19-24(20,21)14-7-5-6-13(18)11-14/h5-11,19H,1-4H3. The Hall–Kier alpha value is -1.76. The first-order valence-corrected chi connectivity index (χ1v) is 9.08. The van der Waals surface area contributed by atoms with Gasteiger partial charge in [-0.3, -0.25) is 0 Å². The van der Waals surface area contributed by atoms with Crippen LogP contribution in [0.2, 0.25) is 5.02 Å². The molecule has 1 N–H and O–H groups in total. The van der Waals surface area contributed by atoms with Crippen molar-refractivity contribution in [2.24, 2.45) is 0 Å². The fraction of sp³-hybridized carbons (Fsp3) is 0.294. The highest BCUT2D eigenvalue weighted by molar-refractivity contribution is 7.89. The van der Waals surface area contributed by atoms with Crippen molar-refractivity contribution in [3.05, 3.63) is 53.1 Å². The number of hydrogen-bond acceptors (Lipinski definition) is 4. The number of methoxy groups -OCH3 is 2. The summed E-state index contributed by atoms with van der Waals surface area (Å²) in [5.74, 6) is 1.11. The van der Waals surface area contributed by atoms with Crippen LogP contribution in [0.15, 0.2) is 47.4 Å². The smallest absolute Gasteiger partial charge is 0.241 e. The molecule has 0 radical (unpaired) electrons. The second-order valence-corrected chi connectivity index (χ2v) is 7.88. The van der Waals surface area contributed by atoms with Crippen LogP contribution in [0.3, 0.4) is 0 Å². The first kappa shape index (κ1) is 18.6. The average Bonchev–Trinajstić information content (AvgIpc) is 2.53. The van der Waals surface area contributed by atoms with Crippen LogP contribution >= 0.6 is 11.6 Å². The summed E-state index contributed by atoms with van der Waals surface area (Å²) in [5, 5.41) is 0.363. The summed E-state index contributed by atoms with van der Waals surface area (Å²) in [5.41, 5.74) is -0.119. The fourth-order valence-electron chi connectivity index (χ4n) is 2.31. The number of hydrogen-bond donors (Lipinski definition) is 1. The van der Waals surface area contributed by atoms with Gasteiger partial charge in [0.15, 0.2) is 11.5 Å². The van der Waals surface area contributed by atoms with Gasteiger partial charge in [0, 0.05) is 5.02 Å². The zero-order chi connectivity index (χ0) is 18.0. The molecule has 7 heteroatoms. The molecule has 24 heavy (non-hydrogen) atoms. The summed E-state index contributed by atoms with van der Waals surface area (Å²) >= 11 is 5.89. The van der Waals surface area contributed by atoms with E-state index in [1.165, 1.54) is 19.2 Å². The third-order valence-corrected chi connectivity index (χ3v) is 5.49. The molecule has 0 amide bonds. The van der Waals surface area contributed by atoms with Gasteiger partial charge in [0.1, 0.15) is 0 Å². The Bertz CT molecular complexity index is 834. The van der Waals surface area contributed by atoms with Crippen LogP contribution in [0.1, 0.15) is 19.4 Å². The molecular weight excluding hydrogens is 350 g/mol. The highest BCUT2D eigenvalue weighted by Gasteiger charge is 2.29. The number of nitrogens with one attached hydrogen (secondary N) is 1. The van der Waals surface area contributed by atoms with Crippen molar-refractivity contribution in [1.82, 2.24) is 4.72 Å². The Labute approximate surface area is 147 Å². The Kier molecular flexibility index (Phi) is 5.42. The third kappa shape index (κ3) is 4.01. The summed E-state index contributed by atoms with van der Waals surface area (Å²) in [6.45, 7) is 3.55. The maximum Gasteiger partial charge on any atom is 0.241 e. The van der Waals surface area contributed by atoms with Crippen molar-refractivity contribution in [2.75, 3.05) is 14.2 Å². The molecule has 130 valence electrons. The summed E-state index contributed by atoms with van der Waals surface area (Å²) in [6, 6.07) is 11.4. The lowest BCUT2D eigenvalue weighted by Crippen LogP contribution is -2.40. The molecule has 2 aromatic rings. The van der Waals surface area contributed by atoms with Crippen molar-refractivity contribution in [2.45, 2.75) is 24.3 Å². The Morgan fingerprint density at radius 3 is 2.25 bits per heavy atom. The molecule has 0 aromatic heterocycles. The number of halogens is 1.